The molecule has 3 aromatic heterocycles. The Balaban J connectivity index is 1.55. The topological polar surface area (TPSA) is 63.9 Å². The van der Waals surface area contributed by atoms with E-state index < -0.39 is 11.9 Å². The van der Waals surface area contributed by atoms with Gasteiger partial charge in [-0.2, -0.15) is 13.2 Å². The zero-order valence-electron chi connectivity index (χ0n) is 16.9. The van der Waals surface area contributed by atoms with Crippen LogP contribution in [-0.2, 0) is 11.0 Å². The Labute approximate surface area is 181 Å². The fraction of sp³-hybridized carbons (Fsp3) is 0.429. The molecular weight excluding hydrogens is 427 g/mol. The van der Waals surface area contributed by atoms with Crippen molar-refractivity contribution in [1.29, 1.82) is 0 Å². The number of carbonyl (C=O) groups excluding carboxylic acids is 1. The van der Waals surface area contributed by atoms with Crippen LogP contribution in [-0.4, -0.2) is 43.4 Å². The zero-order chi connectivity index (χ0) is 22.0. The normalized spacial score (nSPS) is 18.2. The quantitative estimate of drug-likeness (QED) is 0.563. The molecule has 164 valence electrons. The van der Waals surface area contributed by atoms with Crippen molar-refractivity contribution in [2.75, 3.05) is 13.1 Å². The number of carbonyl (C=O) groups is 1. The van der Waals surface area contributed by atoms with Crippen LogP contribution in [0.1, 0.15) is 49.7 Å². The van der Waals surface area contributed by atoms with Gasteiger partial charge in [0.15, 0.2) is 0 Å². The van der Waals surface area contributed by atoms with Gasteiger partial charge in [-0.1, -0.05) is 6.07 Å². The van der Waals surface area contributed by atoms with Crippen LogP contribution in [0.5, 0.6) is 0 Å². The van der Waals surface area contributed by atoms with E-state index in [1.165, 1.54) is 11.3 Å². The summed E-state index contributed by atoms with van der Waals surface area (Å²) >= 11 is 1.33. The number of rotatable bonds is 5. The Morgan fingerprint density at radius 2 is 2.19 bits per heavy atom. The highest BCUT2D eigenvalue weighted by atomic mass is 32.1. The van der Waals surface area contributed by atoms with Crippen LogP contribution >= 0.6 is 11.3 Å². The van der Waals surface area contributed by atoms with Crippen molar-refractivity contribution >= 4 is 17.2 Å². The summed E-state index contributed by atoms with van der Waals surface area (Å²) in [5.41, 5.74) is -0.678. The maximum absolute atomic E-state index is 13.5. The zero-order valence-corrected chi connectivity index (χ0v) is 17.7. The predicted molar refractivity (Wildman–Crippen MR) is 110 cm³/mol. The van der Waals surface area contributed by atoms with E-state index in [1.807, 2.05) is 11.5 Å². The molecule has 0 aliphatic carbocycles. The lowest BCUT2D eigenvalue weighted by molar-refractivity contribution is -0.141. The van der Waals surface area contributed by atoms with Crippen molar-refractivity contribution in [2.24, 2.45) is 0 Å². The van der Waals surface area contributed by atoms with E-state index in [9.17, 15) is 18.0 Å². The van der Waals surface area contributed by atoms with Crippen molar-refractivity contribution in [3.05, 3.63) is 53.8 Å². The van der Waals surface area contributed by atoms with Crippen LogP contribution in [0.3, 0.4) is 0 Å². The summed E-state index contributed by atoms with van der Waals surface area (Å²) in [5.74, 6) is -0.211. The van der Waals surface area contributed by atoms with Crippen LogP contribution in [0.2, 0.25) is 0 Å². The minimum atomic E-state index is -4.56. The molecule has 0 N–H and O–H groups in total. The monoisotopic (exact) mass is 449 g/mol. The molecule has 6 nitrogen and oxygen atoms in total. The number of nitrogens with zero attached hydrogens (tertiary/aromatic N) is 5. The maximum Gasteiger partial charge on any atom is 0.433 e. The molecule has 0 spiro atoms. The second-order valence-corrected chi connectivity index (χ2v) is 8.66. The molecule has 1 amide bonds. The van der Waals surface area contributed by atoms with Crippen LogP contribution in [0.4, 0.5) is 13.2 Å². The SMILES string of the molecule is CC(CC(=O)N1CCCC(c2nc(-c3cccs3)cc(C(F)(F)F)n2)C1)n1ccnc1. The van der Waals surface area contributed by atoms with E-state index in [0.29, 0.717) is 37.2 Å². The van der Waals surface area contributed by atoms with Gasteiger partial charge in [0.05, 0.1) is 16.9 Å². The van der Waals surface area contributed by atoms with Gasteiger partial charge in [0.2, 0.25) is 5.91 Å². The molecule has 3 aromatic rings. The number of amides is 1. The van der Waals surface area contributed by atoms with E-state index in [0.717, 1.165) is 6.07 Å². The average molecular weight is 450 g/mol. The van der Waals surface area contributed by atoms with E-state index in [-0.39, 0.29) is 29.4 Å². The molecule has 1 aliphatic rings. The van der Waals surface area contributed by atoms with Crippen LogP contribution in [0, 0.1) is 0 Å². The highest BCUT2D eigenvalue weighted by Gasteiger charge is 2.35. The van der Waals surface area contributed by atoms with Gasteiger partial charge in [-0.25, -0.2) is 15.0 Å². The fourth-order valence-corrected chi connectivity index (χ4v) is 4.46. The third-order valence-electron chi connectivity index (χ3n) is 5.45. The van der Waals surface area contributed by atoms with Crippen molar-refractivity contribution in [3.63, 3.8) is 0 Å². The highest BCUT2D eigenvalue weighted by Crippen LogP contribution is 2.34. The molecule has 0 saturated carbocycles. The predicted octanol–water partition coefficient (Wildman–Crippen LogP) is 4.78. The summed E-state index contributed by atoms with van der Waals surface area (Å²) in [5, 5.41) is 1.80. The average Bonchev–Trinajstić information content (AvgIpc) is 3.47. The molecule has 10 heteroatoms. The number of halogens is 3. The first-order valence-corrected chi connectivity index (χ1v) is 10.9. The summed E-state index contributed by atoms with van der Waals surface area (Å²) in [6, 6.07) is 4.46. The maximum atomic E-state index is 13.5. The van der Waals surface area contributed by atoms with Gasteiger partial charge in [0, 0.05) is 43.9 Å². The Morgan fingerprint density at radius 3 is 2.87 bits per heavy atom. The van der Waals surface area contributed by atoms with E-state index in [4.69, 9.17) is 0 Å². The molecule has 1 aliphatic heterocycles. The molecule has 4 heterocycles. The number of aromatic nitrogens is 4. The number of hydrogen-bond donors (Lipinski definition) is 0. The first kappa shape index (κ1) is 21.5. The standard InChI is InChI=1S/C21H22F3N5OS/c1-14(29-8-6-25-13-29)10-19(30)28-7-2-4-15(12-28)20-26-16(17-5-3-9-31-17)11-18(27-20)21(22,23)24/h3,5-6,8-9,11,13-15H,2,4,7,10,12H2,1H3. The third kappa shape index (κ3) is 4.95. The molecule has 0 bridgehead atoms. The van der Waals surface area contributed by atoms with Crippen molar-refractivity contribution < 1.29 is 18.0 Å². The Bertz CT molecular complexity index is 1020. The molecule has 1 saturated heterocycles. The number of hydrogen-bond acceptors (Lipinski definition) is 5. The van der Waals surface area contributed by atoms with Gasteiger partial charge in [-0.05, 0) is 37.3 Å². The molecule has 0 aromatic carbocycles. The third-order valence-corrected chi connectivity index (χ3v) is 6.34. The highest BCUT2D eigenvalue weighted by molar-refractivity contribution is 7.13. The van der Waals surface area contributed by atoms with Gasteiger partial charge in [0.1, 0.15) is 11.5 Å². The minimum Gasteiger partial charge on any atom is -0.342 e. The Hall–Kier alpha value is -2.75. The summed E-state index contributed by atoms with van der Waals surface area (Å²) < 4.78 is 42.3. The Kier molecular flexibility index (Phi) is 6.08. The number of alkyl halides is 3. The molecule has 2 unspecified atom stereocenters. The smallest absolute Gasteiger partial charge is 0.342 e. The fourth-order valence-electron chi connectivity index (χ4n) is 3.78. The van der Waals surface area contributed by atoms with E-state index in [1.54, 1.807) is 41.1 Å². The lowest BCUT2D eigenvalue weighted by Gasteiger charge is -2.33. The van der Waals surface area contributed by atoms with Crippen molar-refractivity contribution in [1.82, 2.24) is 24.4 Å². The lowest BCUT2D eigenvalue weighted by Crippen LogP contribution is -2.40. The minimum absolute atomic E-state index is 0.0312. The van der Waals surface area contributed by atoms with Crippen LogP contribution < -0.4 is 0 Å². The molecule has 4 rings (SSSR count). The lowest BCUT2D eigenvalue weighted by atomic mass is 9.96. The molecule has 2 atom stereocenters. The van der Waals surface area contributed by atoms with Crippen LogP contribution in [0.15, 0.2) is 42.3 Å². The van der Waals surface area contributed by atoms with Crippen molar-refractivity contribution in [3.8, 4) is 10.6 Å². The summed E-state index contributed by atoms with van der Waals surface area (Å²) in [7, 11) is 0. The van der Waals surface area contributed by atoms with Crippen molar-refractivity contribution in [2.45, 2.75) is 44.3 Å². The first-order valence-electron chi connectivity index (χ1n) is 10.1. The van der Waals surface area contributed by atoms with Crippen LogP contribution in [0.25, 0.3) is 10.6 Å². The van der Waals surface area contributed by atoms with Gasteiger partial charge in [-0.3, -0.25) is 4.79 Å². The van der Waals surface area contributed by atoms with Gasteiger partial charge < -0.3 is 9.47 Å². The van der Waals surface area contributed by atoms with E-state index in [2.05, 4.69) is 15.0 Å². The molecular formula is C21H22F3N5OS. The van der Waals surface area contributed by atoms with Gasteiger partial charge in [0.25, 0.3) is 0 Å². The summed E-state index contributed by atoms with van der Waals surface area (Å²) in [6.07, 6.45) is 2.21. The molecule has 31 heavy (non-hydrogen) atoms. The number of thiophene rings is 1. The second-order valence-electron chi connectivity index (χ2n) is 7.71. The van der Waals surface area contributed by atoms with Gasteiger partial charge in [-0.15, -0.1) is 11.3 Å². The summed E-state index contributed by atoms with van der Waals surface area (Å²) in [4.78, 5) is 27.5. The number of piperidine rings is 1. The van der Waals surface area contributed by atoms with Gasteiger partial charge >= 0.3 is 6.18 Å². The number of imidazole rings is 1. The number of likely N-dealkylation sites (tertiary alicyclic amines) is 1. The molecule has 1 fully saturated rings. The second kappa shape index (κ2) is 8.78. The van der Waals surface area contributed by atoms with E-state index >= 15 is 0 Å². The Morgan fingerprint density at radius 1 is 1.35 bits per heavy atom. The largest absolute Gasteiger partial charge is 0.433 e. The molecule has 0 radical (unpaired) electrons. The summed E-state index contributed by atoms with van der Waals surface area (Å²) in [6.45, 7) is 2.84. The first-order chi connectivity index (χ1) is 14.8.